The highest BCUT2D eigenvalue weighted by Gasteiger charge is 2.55. The van der Waals surface area contributed by atoms with Crippen LogP contribution in [0.15, 0.2) is 60.7 Å². The largest absolute Gasteiger partial charge is 0.454 e. The second-order valence-corrected chi connectivity index (χ2v) is 12.3. The molecule has 0 radical (unpaired) electrons. The van der Waals surface area contributed by atoms with Gasteiger partial charge in [0.1, 0.15) is 12.2 Å². The van der Waals surface area contributed by atoms with Crippen molar-refractivity contribution in [3.8, 4) is 12.1 Å². The average molecular weight is 626 g/mol. The number of rotatable bonds is 6. The molecule has 2 aliphatic rings. The molecule has 2 aromatic carbocycles. The number of alkyl halides is 1. The molecule has 2 aliphatic heterocycles. The lowest BCUT2D eigenvalue weighted by molar-refractivity contribution is -0.00920. The van der Waals surface area contributed by atoms with Crippen molar-refractivity contribution in [3.05, 3.63) is 71.8 Å². The smallest absolute Gasteiger partial charge is 0.338 e. The van der Waals surface area contributed by atoms with Crippen LogP contribution in [0.3, 0.4) is 0 Å². The Bertz CT molecular complexity index is 1260. The third kappa shape index (κ3) is 7.54. The van der Waals surface area contributed by atoms with Gasteiger partial charge < -0.3 is 18.9 Å². The second-order valence-electron chi connectivity index (χ2n) is 11.1. The number of nitriles is 2. The minimum atomic E-state index is -1.29. The normalized spacial score (nSPS) is 30.6. The Morgan fingerprint density at radius 2 is 1.32 bits per heavy atom. The number of nitrogens with zero attached hydrogens (tertiary/aromatic N) is 2. The molecule has 2 aromatic rings. The van der Waals surface area contributed by atoms with Crippen LogP contribution in [0.25, 0.3) is 0 Å². The number of esters is 2. The van der Waals surface area contributed by atoms with E-state index in [4.69, 9.17) is 18.9 Å². The zero-order chi connectivity index (χ0) is 30.3. The second kappa shape index (κ2) is 14.1. The molecular formula is C32H37BrN2O6. The Morgan fingerprint density at radius 3 is 1.76 bits per heavy atom. The number of halogens is 1. The van der Waals surface area contributed by atoms with Crippen LogP contribution in [0.1, 0.15) is 62.3 Å². The van der Waals surface area contributed by atoms with E-state index in [0.717, 1.165) is 0 Å². The molecule has 2 heterocycles. The Morgan fingerprint density at radius 1 is 0.829 bits per heavy atom. The summed E-state index contributed by atoms with van der Waals surface area (Å²) in [7, 11) is 0. The van der Waals surface area contributed by atoms with Gasteiger partial charge in [-0.3, -0.25) is 0 Å². The molecule has 0 bridgehead atoms. The molecule has 2 fully saturated rings. The Hall–Kier alpha value is -3.24. The molecule has 0 aromatic heterocycles. The lowest BCUT2D eigenvalue weighted by atomic mass is 9.91. The van der Waals surface area contributed by atoms with Gasteiger partial charge in [0.05, 0.1) is 29.4 Å². The summed E-state index contributed by atoms with van der Waals surface area (Å²) in [6.45, 7) is 12.0. The van der Waals surface area contributed by atoms with Crippen molar-refractivity contribution < 1.29 is 28.5 Å². The standard InChI is InChI=1S/C16H18BrNO3.C16H19NO3/c1-10(2)13-11(3)14(16(17,9-18)21-13)20-15(19)12-7-5-4-6-8-12;1-10(2)14-11(3)15(13(9-17)19-14)20-16(18)12-7-5-4-6-8-12/h4-8,10-11,13-14H,1-3H3;4-8,10-11,13-15H,1-3H3/t11-,13-,14-,16?;11-,13?,14-,15-/m11/s1. The van der Waals surface area contributed by atoms with Crippen LogP contribution in [0, 0.1) is 46.3 Å². The van der Waals surface area contributed by atoms with Gasteiger partial charge in [-0.05, 0) is 52.0 Å². The molecule has 8 atom stereocenters. The zero-order valence-corrected chi connectivity index (χ0v) is 25.8. The minimum Gasteiger partial charge on any atom is -0.454 e. The van der Waals surface area contributed by atoms with Gasteiger partial charge in [0, 0.05) is 11.8 Å². The Kier molecular flexibility index (Phi) is 11.1. The maximum absolute atomic E-state index is 12.2. The SMILES string of the molecule is CC(C)[C@H]1OC(Br)(C#N)[C@H](OC(=O)c2ccccc2)[C@@H]1C.CC(C)[C@H]1OC(C#N)[C@H](OC(=O)c2ccccc2)[C@@H]1C. The zero-order valence-electron chi connectivity index (χ0n) is 24.2. The summed E-state index contributed by atoms with van der Waals surface area (Å²) in [4.78, 5) is 24.3. The van der Waals surface area contributed by atoms with Crippen molar-refractivity contribution in [1.82, 2.24) is 0 Å². The molecule has 2 unspecified atom stereocenters. The van der Waals surface area contributed by atoms with E-state index in [1.807, 2.05) is 53.7 Å². The van der Waals surface area contributed by atoms with Gasteiger partial charge in [-0.15, -0.1) is 0 Å². The number of carbonyl (C=O) groups excluding carboxylic acids is 2. The maximum atomic E-state index is 12.2. The van der Waals surface area contributed by atoms with Gasteiger partial charge in [0.15, 0.2) is 12.2 Å². The number of benzene rings is 2. The number of hydrogen-bond donors (Lipinski definition) is 0. The molecule has 218 valence electrons. The minimum absolute atomic E-state index is 0.00677. The molecule has 41 heavy (non-hydrogen) atoms. The molecule has 0 saturated carbocycles. The number of hydrogen-bond acceptors (Lipinski definition) is 8. The van der Waals surface area contributed by atoms with Crippen LogP contribution in [-0.4, -0.2) is 47.0 Å². The molecule has 0 spiro atoms. The quantitative estimate of drug-likeness (QED) is 0.271. The summed E-state index contributed by atoms with van der Waals surface area (Å²) in [5, 5.41) is 18.6. The van der Waals surface area contributed by atoms with E-state index in [1.165, 1.54) is 0 Å². The molecule has 4 rings (SSSR count). The van der Waals surface area contributed by atoms with E-state index >= 15 is 0 Å². The van der Waals surface area contributed by atoms with Crippen molar-refractivity contribution >= 4 is 27.9 Å². The van der Waals surface area contributed by atoms with Crippen molar-refractivity contribution in [2.24, 2.45) is 23.7 Å². The molecule has 2 saturated heterocycles. The molecule has 0 amide bonds. The van der Waals surface area contributed by atoms with Crippen molar-refractivity contribution in [1.29, 1.82) is 10.5 Å². The van der Waals surface area contributed by atoms with E-state index in [9.17, 15) is 20.1 Å². The number of ether oxygens (including phenoxy) is 4. The van der Waals surface area contributed by atoms with Gasteiger partial charge in [0.2, 0.25) is 4.51 Å². The Balaban J connectivity index is 0.000000226. The summed E-state index contributed by atoms with van der Waals surface area (Å²) in [5.74, 6) is -0.411. The highest BCUT2D eigenvalue weighted by molar-refractivity contribution is 9.10. The first-order valence-electron chi connectivity index (χ1n) is 13.8. The van der Waals surface area contributed by atoms with Gasteiger partial charge >= 0.3 is 11.9 Å². The highest BCUT2D eigenvalue weighted by atomic mass is 79.9. The summed E-state index contributed by atoms with van der Waals surface area (Å²) < 4.78 is 21.3. The van der Waals surface area contributed by atoms with E-state index in [-0.39, 0.29) is 35.9 Å². The third-order valence-corrected chi connectivity index (χ3v) is 8.21. The van der Waals surface area contributed by atoms with Crippen molar-refractivity contribution in [2.75, 3.05) is 0 Å². The van der Waals surface area contributed by atoms with Crippen LogP contribution in [0.5, 0.6) is 0 Å². The predicted molar refractivity (Wildman–Crippen MR) is 156 cm³/mol. The van der Waals surface area contributed by atoms with Gasteiger partial charge in [-0.25, -0.2) is 9.59 Å². The summed E-state index contributed by atoms with van der Waals surface area (Å²) >= 11 is 3.30. The van der Waals surface area contributed by atoms with E-state index in [2.05, 4.69) is 28.1 Å². The Labute approximate surface area is 250 Å². The third-order valence-electron chi connectivity index (χ3n) is 7.40. The van der Waals surface area contributed by atoms with Crippen LogP contribution in [0.4, 0.5) is 0 Å². The first-order chi connectivity index (χ1) is 19.4. The summed E-state index contributed by atoms with van der Waals surface area (Å²) in [5.41, 5.74) is 0.954. The predicted octanol–water partition coefficient (Wildman–Crippen LogP) is 6.31. The fraction of sp³-hybridized carbons (Fsp3) is 0.500. The van der Waals surface area contributed by atoms with Crippen molar-refractivity contribution in [3.63, 3.8) is 0 Å². The lowest BCUT2D eigenvalue weighted by Crippen LogP contribution is -2.37. The molecule has 0 aliphatic carbocycles. The van der Waals surface area contributed by atoms with E-state index in [0.29, 0.717) is 11.1 Å². The monoisotopic (exact) mass is 624 g/mol. The van der Waals surface area contributed by atoms with Gasteiger partial charge in [-0.2, -0.15) is 10.5 Å². The van der Waals surface area contributed by atoms with Crippen molar-refractivity contribution in [2.45, 2.75) is 76.6 Å². The van der Waals surface area contributed by atoms with E-state index in [1.54, 1.807) is 48.5 Å². The van der Waals surface area contributed by atoms with Crippen LogP contribution < -0.4 is 0 Å². The lowest BCUT2D eigenvalue weighted by Gasteiger charge is -2.23. The molecule has 9 heteroatoms. The van der Waals surface area contributed by atoms with Gasteiger partial charge in [-0.1, -0.05) is 77.9 Å². The fourth-order valence-electron chi connectivity index (χ4n) is 5.29. The van der Waals surface area contributed by atoms with Crippen LogP contribution in [-0.2, 0) is 18.9 Å². The highest BCUT2D eigenvalue weighted by Crippen LogP contribution is 2.44. The molecular weight excluding hydrogens is 588 g/mol. The van der Waals surface area contributed by atoms with E-state index < -0.39 is 34.8 Å². The first kappa shape index (κ1) is 32.3. The first-order valence-corrected chi connectivity index (χ1v) is 14.6. The fourth-order valence-corrected chi connectivity index (χ4v) is 6.02. The number of carbonyl (C=O) groups is 2. The van der Waals surface area contributed by atoms with Gasteiger partial charge in [0.25, 0.3) is 0 Å². The molecule has 0 N–H and O–H groups in total. The van der Waals surface area contributed by atoms with Crippen LogP contribution >= 0.6 is 15.9 Å². The summed E-state index contributed by atoms with van der Waals surface area (Å²) in [6, 6.07) is 21.7. The molecule has 8 nitrogen and oxygen atoms in total. The average Bonchev–Trinajstić information content (AvgIpc) is 3.43. The van der Waals surface area contributed by atoms with Crippen LogP contribution in [0.2, 0.25) is 0 Å². The summed E-state index contributed by atoms with van der Waals surface area (Å²) in [6.07, 6.45) is -2.06. The maximum Gasteiger partial charge on any atom is 0.338 e. The topological polar surface area (TPSA) is 119 Å².